The van der Waals surface area contributed by atoms with Crippen molar-refractivity contribution < 1.29 is 10.0 Å². The summed E-state index contributed by atoms with van der Waals surface area (Å²) in [4.78, 5) is 16.5. The van der Waals surface area contributed by atoms with Gasteiger partial charge in [0.05, 0.1) is 18.0 Å². The third-order valence-electron chi connectivity index (χ3n) is 3.83. The lowest BCUT2D eigenvalue weighted by Gasteiger charge is -2.47. The number of anilines is 1. The molecule has 6 nitrogen and oxygen atoms in total. The molecule has 0 radical (unpaired) electrons. The summed E-state index contributed by atoms with van der Waals surface area (Å²) in [7, 11) is 0. The van der Waals surface area contributed by atoms with Crippen LogP contribution in [-0.4, -0.2) is 33.7 Å². The number of nitrogens with zero attached hydrogens (tertiary/aromatic N) is 3. The molecule has 18 heavy (non-hydrogen) atoms. The van der Waals surface area contributed by atoms with Gasteiger partial charge in [0.2, 0.25) is 0 Å². The number of hydrogen-bond acceptors (Lipinski definition) is 5. The largest absolute Gasteiger partial charge is 0.386 e. The van der Waals surface area contributed by atoms with Crippen molar-refractivity contribution in [3.05, 3.63) is 27.9 Å². The van der Waals surface area contributed by atoms with Crippen molar-refractivity contribution in [1.82, 2.24) is 4.98 Å². The lowest BCUT2D eigenvalue weighted by Crippen LogP contribution is -2.63. The minimum atomic E-state index is -0.558. The summed E-state index contributed by atoms with van der Waals surface area (Å²) in [5.74, 6) is 1.15. The summed E-state index contributed by atoms with van der Waals surface area (Å²) in [6, 6.07) is 3.13. The summed E-state index contributed by atoms with van der Waals surface area (Å²) in [5.41, 5.74) is -0.103. The van der Waals surface area contributed by atoms with E-state index >= 15 is 0 Å². The molecule has 1 aromatic heterocycles. The first-order chi connectivity index (χ1) is 8.49. The summed E-state index contributed by atoms with van der Waals surface area (Å²) >= 11 is 0. The lowest BCUT2D eigenvalue weighted by atomic mass is 9.89. The van der Waals surface area contributed by atoms with Crippen molar-refractivity contribution in [3.8, 4) is 0 Å². The fraction of sp³-hybridized carbons (Fsp3) is 0.583. The second-order valence-corrected chi connectivity index (χ2v) is 5.27. The summed E-state index contributed by atoms with van der Waals surface area (Å²) in [6.45, 7) is 2.80. The van der Waals surface area contributed by atoms with Crippen molar-refractivity contribution in [1.29, 1.82) is 0 Å². The summed E-state index contributed by atoms with van der Waals surface area (Å²) in [5, 5.41) is 20.9. The average Bonchev–Trinajstić information content (AvgIpc) is 3.08. The van der Waals surface area contributed by atoms with Gasteiger partial charge in [0.1, 0.15) is 17.1 Å². The molecule has 1 N–H and O–H groups in total. The Morgan fingerprint density at radius 1 is 1.50 bits per heavy atom. The highest BCUT2D eigenvalue weighted by atomic mass is 16.6. The average molecular weight is 249 g/mol. The molecule has 0 aromatic carbocycles. The Balaban J connectivity index is 1.75. The normalized spacial score (nSPS) is 21.6. The Bertz CT molecular complexity index is 507. The Morgan fingerprint density at radius 2 is 2.17 bits per heavy atom. The van der Waals surface area contributed by atoms with Gasteiger partial charge in [0.15, 0.2) is 0 Å². The van der Waals surface area contributed by atoms with Crippen LogP contribution in [0.4, 0.5) is 11.5 Å². The van der Waals surface area contributed by atoms with Crippen LogP contribution in [0.3, 0.4) is 0 Å². The summed E-state index contributed by atoms with van der Waals surface area (Å²) < 4.78 is 0. The van der Waals surface area contributed by atoms with Gasteiger partial charge in [0, 0.05) is 6.07 Å². The topological polar surface area (TPSA) is 79.5 Å². The molecule has 1 saturated heterocycles. The van der Waals surface area contributed by atoms with Gasteiger partial charge in [-0.1, -0.05) is 0 Å². The maximum absolute atomic E-state index is 10.7. The molecule has 0 unspecified atom stereocenters. The number of hydrogen-bond donors (Lipinski definition) is 1. The standard InChI is InChI=1S/C12H15N3O3/c1-8-10(15(17)18)4-5-11(13-8)14-6-12(16,7-14)9-2-3-9/h4-5,9,16H,2-3,6-7H2,1H3. The number of rotatable bonds is 3. The van der Waals surface area contributed by atoms with Crippen molar-refractivity contribution in [2.45, 2.75) is 25.4 Å². The minimum Gasteiger partial charge on any atom is -0.386 e. The first-order valence-corrected chi connectivity index (χ1v) is 6.09. The Kier molecular flexibility index (Phi) is 2.31. The zero-order valence-corrected chi connectivity index (χ0v) is 10.2. The van der Waals surface area contributed by atoms with E-state index in [-0.39, 0.29) is 5.69 Å². The molecule has 0 amide bonds. The van der Waals surface area contributed by atoms with Crippen molar-refractivity contribution in [3.63, 3.8) is 0 Å². The number of β-amino-alcohol motifs (C(OH)–C–C–N with tert-alkyl or cyclic N) is 1. The van der Waals surface area contributed by atoms with Crippen LogP contribution >= 0.6 is 0 Å². The number of aromatic nitrogens is 1. The van der Waals surface area contributed by atoms with Gasteiger partial charge in [0.25, 0.3) is 5.69 Å². The van der Waals surface area contributed by atoms with Gasteiger partial charge >= 0.3 is 0 Å². The van der Waals surface area contributed by atoms with Gasteiger partial charge in [-0.15, -0.1) is 0 Å². The fourth-order valence-electron chi connectivity index (χ4n) is 2.57. The molecule has 1 saturated carbocycles. The van der Waals surface area contributed by atoms with E-state index in [2.05, 4.69) is 4.98 Å². The molecule has 96 valence electrons. The van der Waals surface area contributed by atoms with Crippen LogP contribution in [0.5, 0.6) is 0 Å². The van der Waals surface area contributed by atoms with E-state index in [1.807, 2.05) is 4.90 Å². The van der Waals surface area contributed by atoms with Crippen LogP contribution in [0.1, 0.15) is 18.5 Å². The lowest BCUT2D eigenvalue weighted by molar-refractivity contribution is -0.385. The third-order valence-corrected chi connectivity index (χ3v) is 3.83. The third kappa shape index (κ3) is 1.73. The maximum atomic E-state index is 10.7. The van der Waals surface area contributed by atoms with Gasteiger partial charge in [-0.2, -0.15) is 0 Å². The van der Waals surface area contributed by atoms with E-state index in [1.165, 1.54) is 6.07 Å². The van der Waals surface area contributed by atoms with Gasteiger partial charge < -0.3 is 10.0 Å². The quantitative estimate of drug-likeness (QED) is 0.644. The van der Waals surface area contributed by atoms with Crippen LogP contribution in [0.15, 0.2) is 12.1 Å². The first-order valence-electron chi connectivity index (χ1n) is 6.09. The Morgan fingerprint density at radius 3 is 2.67 bits per heavy atom. The molecule has 1 aliphatic carbocycles. The van der Waals surface area contributed by atoms with Gasteiger partial charge in [-0.25, -0.2) is 4.98 Å². The predicted octanol–water partition coefficient (Wildman–Crippen LogP) is 1.26. The van der Waals surface area contributed by atoms with E-state index in [1.54, 1.807) is 13.0 Å². The minimum absolute atomic E-state index is 0.0386. The molecule has 2 aliphatic rings. The molecule has 0 bridgehead atoms. The number of aliphatic hydroxyl groups is 1. The number of nitro groups is 1. The predicted molar refractivity (Wildman–Crippen MR) is 65.5 cm³/mol. The van der Waals surface area contributed by atoms with Crippen LogP contribution in [-0.2, 0) is 0 Å². The second-order valence-electron chi connectivity index (χ2n) is 5.27. The van der Waals surface area contributed by atoms with Crippen LogP contribution in [0, 0.1) is 23.0 Å². The molecule has 1 aromatic rings. The highest BCUT2D eigenvalue weighted by Crippen LogP contribution is 2.45. The second kappa shape index (κ2) is 3.65. The SMILES string of the molecule is Cc1nc(N2CC(O)(C3CC3)C2)ccc1[N+](=O)[O-]. The van der Waals surface area contributed by atoms with Crippen LogP contribution in [0.25, 0.3) is 0 Å². The molecule has 3 rings (SSSR count). The monoisotopic (exact) mass is 249 g/mol. The summed E-state index contributed by atoms with van der Waals surface area (Å²) in [6.07, 6.45) is 2.22. The highest BCUT2D eigenvalue weighted by Gasteiger charge is 2.52. The zero-order valence-electron chi connectivity index (χ0n) is 10.2. The van der Waals surface area contributed by atoms with Crippen molar-refractivity contribution in [2.24, 2.45) is 5.92 Å². The van der Waals surface area contributed by atoms with E-state index < -0.39 is 10.5 Å². The van der Waals surface area contributed by atoms with E-state index in [0.717, 1.165) is 12.8 Å². The molecule has 0 atom stereocenters. The van der Waals surface area contributed by atoms with E-state index in [0.29, 0.717) is 30.5 Å². The molecule has 1 aliphatic heterocycles. The fourth-order valence-corrected chi connectivity index (χ4v) is 2.57. The van der Waals surface area contributed by atoms with E-state index in [9.17, 15) is 15.2 Å². The molecule has 6 heteroatoms. The zero-order chi connectivity index (χ0) is 12.9. The molecule has 0 spiro atoms. The Labute approximate surface area is 104 Å². The van der Waals surface area contributed by atoms with E-state index in [4.69, 9.17) is 0 Å². The molecular formula is C12H15N3O3. The van der Waals surface area contributed by atoms with Gasteiger partial charge in [-0.05, 0) is 31.7 Å². The van der Waals surface area contributed by atoms with Crippen LogP contribution in [0.2, 0.25) is 0 Å². The molecule has 2 fully saturated rings. The van der Waals surface area contributed by atoms with Crippen molar-refractivity contribution in [2.75, 3.05) is 18.0 Å². The highest BCUT2D eigenvalue weighted by molar-refractivity contribution is 5.50. The van der Waals surface area contributed by atoms with Crippen LogP contribution < -0.4 is 4.90 Å². The Hall–Kier alpha value is -1.69. The first kappa shape index (κ1) is 11.4. The molecule has 2 heterocycles. The molecular weight excluding hydrogens is 234 g/mol. The smallest absolute Gasteiger partial charge is 0.290 e. The van der Waals surface area contributed by atoms with Gasteiger partial charge in [-0.3, -0.25) is 10.1 Å². The maximum Gasteiger partial charge on any atom is 0.290 e. The number of pyridine rings is 1. The van der Waals surface area contributed by atoms with Crippen molar-refractivity contribution >= 4 is 11.5 Å². The number of aryl methyl sites for hydroxylation is 1.